The zero-order chi connectivity index (χ0) is 13.7. The zero-order valence-corrected chi connectivity index (χ0v) is 10.6. The van der Waals surface area contributed by atoms with Crippen LogP contribution in [0.2, 0.25) is 5.02 Å². The molecule has 0 unspecified atom stereocenters. The Bertz CT molecular complexity index is 606. The summed E-state index contributed by atoms with van der Waals surface area (Å²) in [6.45, 7) is 0. The number of ether oxygens (including phenoxy) is 1. The standard InChI is InChI=1S/C15H10ClFO2/c16-12-2-1-3-14(10-12)19-15(18)9-6-11-4-7-13(17)8-5-11/h1-10H. The van der Waals surface area contributed by atoms with Gasteiger partial charge < -0.3 is 4.74 Å². The summed E-state index contributed by atoms with van der Waals surface area (Å²) >= 11 is 5.77. The van der Waals surface area contributed by atoms with Crippen LogP contribution >= 0.6 is 11.6 Å². The van der Waals surface area contributed by atoms with Gasteiger partial charge in [-0.2, -0.15) is 0 Å². The predicted molar refractivity (Wildman–Crippen MR) is 72.5 cm³/mol. The second kappa shape index (κ2) is 6.16. The number of benzene rings is 2. The normalized spacial score (nSPS) is 10.6. The molecule has 0 aliphatic heterocycles. The number of carbonyl (C=O) groups excluding carboxylic acids is 1. The molecule has 96 valence electrons. The van der Waals surface area contributed by atoms with Crippen LogP contribution in [0.15, 0.2) is 54.6 Å². The third-order valence-electron chi connectivity index (χ3n) is 2.30. The van der Waals surface area contributed by atoms with Gasteiger partial charge in [0.2, 0.25) is 0 Å². The number of halogens is 2. The quantitative estimate of drug-likeness (QED) is 0.479. The fraction of sp³-hybridized carbons (Fsp3) is 0. The molecule has 0 saturated carbocycles. The van der Waals surface area contributed by atoms with Crippen LogP contribution in [0.25, 0.3) is 6.08 Å². The SMILES string of the molecule is O=C(C=Cc1ccc(F)cc1)Oc1cccc(Cl)c1. The Morgan fingerprint density at radius 1 is 1.16 bits per heavy atom. The Hall–Kier alpha value is -2.13. The van der Waals surface area contributed by atoms with Crippen molar-refractivity contribution in [2.24, 2.45) is 0 Å². The molecule has 0 N–H and O–H groups in total. The van der Waals surface area contributed by atoms with Crippen molar-refractivity contribution in [3.63, 3.8) is 0 Å². The number of carbonyl (C=O) groups is 1. The third-order valence-corrected chi connectivity index (χ3v) is 2.53. The van der Waals surface area contributed by atoms with E-state index in [2.05, 4.69) is 0 Å². The molecule has 0 radical (unpaired) electrons. The van der Waals surface area contributed by atoms with Gasteiger partial charge in [-0.05, 0) is 42.0 Å². The van der Waals surface area contributed by atoms with E-state index in [1.807, 2.05) is 0 Å². The molecule has 0 atom stereocenters. The molecule has 4 heteroatoms. The predicted octanol–water partition coefficient (Wildman–Crippen LogP) is 4.10. The topological polar surface area (TPSA) is 26.3 Å². The molecule has 2 rings (SSSR count). The first-order valence-electron chi connectivity index (χ1n) is 5.54. The molecule has 19 heavy (non-hydrogen) atoms. The van der Waals surface area contributed by atoms with Crippen molar-refractivity contribution >= 4 is 23.6 Å². The highest BCUT2D eigenvalue weighted by molar-refractivity contribution is 6.30. The smallest absolute Gasteiger partial charge is 0.336 e. The first-order chi connectivity index (χ1) is 9.13. The largest absolute Gasteiger partial charge is 0.423 e. The third kappa shape index (κ3) is 4.23. The first kappa shape index (κ1) is 13.3. The van der Waals surface area contributed by atoms with E-state index in [4.69, 9.17) is 16.3 Å². The van der Waals surface area contributed by atoms with Crippen LogP contribution in [0.3, 0.4) is 0 Å². The van der Waals surface area contributed by atoms with Crippen LogP contribution in [0.5, 0.6) is 5.75 Å². The van der Waals surface area contributed by atoms with Crippen molar-refractivity contribution in [1.29, 1.82) is 0 Å². The highest BCUT2D eigenvalue weighted by Crippen LogP contribution is 2.17. The maximum absolute atomic E-state index is 12.7. The van der Waals surface area contributed by atoms with E-state index >= 15 is 0 Å². The second-order valence-electron chi connectivity index (χ2n) is 3.76. The molecule has 2 aromatic rings. The van der Waals surface area contributed by atoms with E-state index < -0.39 is 5.97 Å². The molecule has 0 amide bonds. The van der Waals surface area contributed by atoms with E-state index in [-0.39, 0.29) is 5.82 Å². The molecule has 0 aliphatic carbocycles. The Kier molecular flexibility index (Phi) is 4.31. The highest BCUT2D eigenvalue weighted by Gasteiger charge is 2.00. The monoisotopic (exact) mass is 276 g/mol. The summed E-state index contributed by atoms with van der Waals surface area (Å²) in [6, 6.07) is 12.3. The lowest BCUT2D eigenvalue weighted by Gasteiger charge is -2.01. The minimum atomic E-state index is -0.522. The van der Waals surface area contributed by atoms with Crippen molar-refractivity contribution in [1.82, 2.24) is 0 Å². The van der Waals surface area contributed by atoms with Crippen molar-refractivity contribution in [2.75, 3.05) is 0 Å². The minimum absolute atomic E-state index is 0.321. The van der Waals surface area contributed by atoms with Gasteiger partial charge in [0.05, 0.1) is 0 Å². The average Bonchev–Trinajstić information content (AvgIpc) is 2.38. The second-order valence-corrected chi connectivity index (χ2v) is 4.20. The molecule has 0 aliphatic rings. The lowest BCUT2D eigenvalue weighted by molar-refractivity contribution is -0.128. The molecule has 0 bridgehead atoms. The summed E-state index contributed by atoms with van der Waals surface area (Å²) in [5.41, 5.74) is 0.712. The summed E-state index contributed by atoms with van der Waals surface area (Å²) in [7, 11) is 0. The Labute approximate surface area is 115 Å². The summed E-state index contributed by atoms with van der Waals surface area (Å²) in [5.74, 6) is -0.466. The highest BCUT2D eigenvalue weighted by atomic mass is 35.5. The van der Waals surface area contributed by atoms with Crippen LogP contribution in [0.1, 0.15) is 5.56 Å². The van der Waals surface area contributed by atoms with Crippen molar-refractivity contribution < 1.29 is 13.9 Å². The Morgan fingerprint density at radius 3 is 2.58 bits per heavy atom. The van der Waals surface area contributed by atoms with Crippen LogP contribution in [0.4, 0.5) is 4.39 Å². The van der Waals surface area contributed by atoms with Crippen molar-refractivity contribution in [3.05, 3.63) is 71.0 Å². The van der Waals surface area contributed by atoms with E-state index in [0.717, 1.165) is 0 Å². The molecular weight excluding hydrogens is 267 g/mol. The summed E-state index contributed by atoms with van der Waals surface area (Å²) in [6.07, 6.45) is 2.82. The van der Waals surface area contributed by atoms with Crippen molar-refractivity contribution in [2.45, 2.75) is 0 Å². The lowest BCUT2D eigenvalue weighted by atomic mass is 10.2. The van der Waals surface area contributed by atoms with Crippen molar-refractivity contribution in [3.8, 4) is 5.75 Å². The minimum Gasteiger partial charge on any atom is -0.423 e. The average molecular weight is 277 g/mol. The van der Waals surface area contributed by atoms with Crippen LogP contribution in [-0.4, -0.2) is 5.97 Å². The molecule has 2 nitrogen and oxygen atoms in total. The molecule has 2 aromatic carbocycles. The van der Waals surface area contributed by atoms with E-state index in [0.29, 0.717) is 16.3 Å². The van der Waals surface area contributed by atoms with Gasteiger partial charge in [0.15, 0.2) is 0 Å². The lowest BCUT2D eigenvalue weighted by Crippen LogP contribution is -2.03. The van der Waals surface area contributed by atoms with Crippen LogP contribution in [0, 0.1) is 5.82 Å². The maximum atomic E-state index is 12.7. The number of hydrogen-bond acceptors (Lipinski definition) is 2. The van der Waals surface area contributed by atoms with Gasteiger partial charge in [0.1, 0.15) is 11.6 Å². The molecule has 0 heterocycles. The van der Waals surface area contributed by atoms with Gasteiger partial charge >= 0.3 is 5.97 Å². The van der Waals surface area contributed by atoms with Gasteiger partial charge in [-0.3, -0.25) is 0 Å². The fourth-order valence-electron chi connectivity index (χ4n) is 1.42. The van der Waals surface area contributed by atoms with E-state index in [1.165, 1.54) is 18.2 Å². The molecule has 0 spiro atoms. The summed E-state index contributed by atoms with van der Waals surface area (Å²) in [4.78, 5) is 11.5. The van der Waals surface area contributed by atoms with Gasteiger partial charge in [0.25, 0.3) is 0 Å². The summed E-state index contributed by atoms with van der Waals surface area (Å²) < 4.78 is 17.7. The zero-order valence-electron chi connectivity index (χ0n) is 9.85. The number of hydrogen-bond donors (Lipinski definition) is 0. The number of esters is 1. The summed E-state index contributed by atoms with van der Waals surface area (Å²) in [5, 5.41) is 0.493. The molecule has 0 aromatic heterocycles. The van der Waals surface area contributed by atoms with E-state index in [1.54, 1.807) is 42.5 Å². The van der Waals surface area contributed by atoms with Crippen LogP contribution < -0.4 is 4.74 Å². The van der Waals surface area contributed by atoms with Gasteiger partial charge in [-0.1, -0.05) is 29.8 Å². The van der Waals surface area contributed by atoms with Gasteiger partial charge in [-0.15, -0.1) is 0 Å². The molecule has 0 fully saturated rings. The molecular formula is C15H10ClFO2. The molecule has 0 saturated heterocycles. The van der Waals surface area contributed by atoms with Gasteiger partial charge in [0, 0.05) is 11.1 Å². The fourth-order valence-corrected chi connectivity index (χ4v) is 1.60. The maximum Gasteiger partial charge on any atom is 0.336 e. The first-order valence-corrected chi connectivity index (χ1v) is 5.92. The van der Waals surface area contributed by atoms with Crippen LogP contribution in [-0.2, 0) is 4.79 Å². The van der Waals surface area contributed by atoms with E-state index in [9.17, 15) is 9.18 Å². The number of rotatable bonds is 3. The Morgan fingerprint density at radius 2 is 1.89 bits per heavy atom. The van der Waals surface area contributed by atoms with Gasteiger partial charge in [-0.25, -0.2) is 9.18 Å². The Balaban J connectivity index is 1.99.